The lowest BCUT2D eigenvalue weighted by Crippen LogP contribution is -2.14. The fourth-order valence-electron chi connectivity index (χ4n) is 1.43. The normalized spacial score (nSPS) is 9.89. The topological polar surface area (TPSA) is 89.1 Å². The Morgan fingerprint density at radius 1 is 1.39 bits per heavy atom. The SMILES string of the molecule is COc1cn[nH]c1NC(=O)c1cccnc1OC. The molecule has 7 nitrogen and oxygen atoms in total. The Hall–Kier alpha value is -2.57. The largest absolute Gasteiger partial charge is 0.491 e. The highest BCUT2D eigenvalue weighted by molar-refractivity contribution is 6.05. The molecule has 2 rings (SSSR count). The fraction of sp³-hybridized carbons (Fsp3) is 0.182. The molecule has 1 amide bonds. The number of rotatable bonds is 4. The lowest BCUT2D eigenvalue weighted by Gasteiger charge is -2.07. The molecule has 0 saturated heterocycles. The van der Waals surface area contributed by atoms with E-state index in [0.717, 1.165) is 0 Å². The zero-order chi connectivity index (χ0) is 13.0. The summed E-state index contributed by atoms with van der Waals surface area (Å²) in [4.78, 5) is 16.0. The van der Waals surface area contributed by atoms with Crippen LogP contribution < -0.4 is 14.8 Å². The van der Waals surface area contributed by atoms with Crippen molar-refractivity contribution in [2.75, 3.05) is 19.5 Å². The first kappa shape index (κ1) is 11.9. The van der Waals surface area contributed by atoms with Crippen LogP contribution in [0.5, 0.6) is 11.6 Å². The second-order valence-corrected chi connectivity index (χ2v) is 3.33. The van der Waals surface area contributed by atoms with E-state index >= 15 is 0 Å². The molecule has 0 fully saturated rings. The molecule has 0 bridgehead atoms. The van der Waals surface area contributed by atoms with Gasteiger partial charge in [-0.15, -0.1) is 0 Å². The van der Waals surface area contributed by atoms with E-state index in [9.17, 15) is 4.79 Å². The average Bonchev–Trinajstić information content (AvgIpc) is 2.85. The highest BCUT2D eigenvalue weighted by Crippen LogP contribution is 2.22. The second kappa shape index (κ2) is 5.17. The molecular formula is C11H12N4O3. The van der Waals surface area contributed by atoms with Crippen LogP contribution in [0.3, 0.4) is 0 Å². The number of ether oxygens (including phenoxy) is 2. The lowest BCUT2D eigenvalue weighted by atomic mass is 10.2. The Kier molecular flexibility index (Phi) is 3.42. The van der Waals surface area contributed by atoms with Gasteiger partial charge in [-0.25, -0.2) is 4.98 Å². The third kappa shape index (κ3) is 2.24. The van der Waals surface area contributed by atoms with Crippen LogP contribution in [-0.4, -0.2) is 35.3 Å². The van der Waals surface area contributed by atoms with Gasteiger partial charge in [-0.3, -0.25) is 9.89 Å². The van der Waals surface area contributed by atoms with Crippen LogP contribution in [0.4, 0.5) is 5.82 Å². The number of H-pyrrole nitrogens is 1. The van der Waals surface area contributed by atoms with E-state index in [0.29, 0.717) is 17.1 Å². The highest BCUT2D eigenvalue weighted by atomic mass is 16.5. The number of hydrogen-bond acceptors (Lipinski definition) is 5. The Balaban J connectivity index is 2.22. The van der Waals surface area contributed by atoms with Gasteiger partial charge in [0.05, 0.1) is 20.4 Å². The maximum atomic E-state index is 12.0. The molecule has 0 unspecified atom stereocenters. The van der Waals surface area contributed by atoms with Gasteiger partial charge >= 0.3 is 0 Å². The zero-order valence-corrected chi connectivity index (χ0v) is 9.93. The minimum absolute atomic E-state index is 0.258. The molecule has 0 atom stereocenters. The predicted molar refractivity (Wildman–Crippen MR) is 63.9 cm³/mol. The summed E-state index contributed by atoms with van der Waals surface area (Å²) >= 11 is 0. The Bertz CT molecular complexity index is 553. The number of carbonyl (C=O) groups is 1. The number of pyridine rings is 1. The van der Waals surface area contributed by atoms with Crippen LogP contribution in [-0.2, 0) is 0 Å². The fourth-order valence-corrected chi connectivity index (χ4v) is 1.43. The molecule has 0 aliphatic heterocycles. The molecule has 0 aliphatic rings. The average molecular weight is 248 g/mol. The van der Waals surface area contributed by atoms with Crippen molar-refractivity contribution in [1.82, 2.24) is 15.2 Å². The van der Waals surface area contributed by atoms with Gasteiger partial charge in [-0.05, 0) is 12.1 Å². The summed E-state index contributed by atoms with van der Waals surface area (Å²) in [7, 11) is 2.95. The molecule has 2 aromatic heterocycles. The second-order valence-electron chi connectivity index (χ2n) is 3.33. The Morgan fingerprint density at radius 2 is 2.22 bits per heavy atom. The molecule has 2 heterocycles. The first-order valence-electron chi connectivity index (χ1n) is 5.14. The number of amides is 1. The Labute approximate surface area is 103 Å². The third-order valence-corrected chi connectivity index (χ3v) is 2.27. The molecule has 0 radical (unpaired) electrons. The van der Waals surface area contributed by atoms with Gasteiger partial charge in [0, 0.05) is 6.20 Å². The summed E-state index contributed by atoms with van der Waals surface area (Å²) in [5.74, 6) is 0.732. The predicted octanol–water partition coefficient (Wildman–Crippen LogP) is 1.07. The third-order valence-electron chi connectivity index (χ3n) is 2.27. The van der Waals surface area contributed by atoms with Crippen LogP contribution >= 0.6 is 0 Å². The minimum Gasteiger partial charge on any atom is -0.491 e. The summed E-state index contributed by atoms with van der Waals surface area (Å²) in [6.45, 7) is 0. The van der Waals surface area contributed by atoms with Crippen LogP contribution in [0, 0.1) is 0 Å². The van der Waals surface area contributed by atoms with E-state index in [1.165, 1.54) is 20.4 Å². The molecule has 7 heteroatoms. The Morgan fingerprint density at radius 3 is 2.94 bits per heavy atom. The van der Waals surface area contributed by atoms with Crippen molar-refractivity contribution in [1.29, 1.82) is 0 Å². The standard InChI is InChI=1S/C11H12N4O3/c1-17-8-6-13-15-9(8)14-10(16)7-4-3-5-12-11(7)18-2/h3-6H,1-2H3,(H2,13,14,15,16). The van der Waals surface area contributed by atoms with E-state index < -0.39 is 0 Å². The van der Waals surface area contributed by atoms with Crippen molar-refractivity contribution in [3.8, 4) is 11.6 Å². The van der Waals surface area contributed by atoms with E-state index in [1.54, 1.807) is 18.3 Å². The van der Waals surface area contributed by atoms with Gasteiger partial charge < -0.3 is 14.8 Å². The maximum Gasteiger partial charge on any atom is 0.262 e. The van der Waals surface area contributed by atoms with Gasteiger partial charge in [-0.1, -0.05) is 0 Å². The summed E-state index contributed by atoms with van der Waals surface area (Å²) in [6.07, 6.45) is 3.02. The molecule has 0 aliphatic carbocycles. The molecule has 0 spiro atoms. The van der Waals surface area contributed by atoms with Gasteiger partial charge in [0.15, 0.2) is 11.6 Å². The number of methoxy groups -OCH3 is 2. The molecule has 0 aromatic carbocycles. The zero-order valence-electron chi connectivity index (χ0n) is 9.93. The number of aromatic amines is 1. The summed E-state index contributed by atoms with van der Waals surface area (Å²) < 4.78 is 10.0. The molecule has 94 valence electrons. The van der Waals surface area contributed by atoms with Crippen molar-refractivity contribution in [2.45, 2.75) is 0 Å². The highest BCUT2D eigenvalue weighted by Gasteiger charge is 2.15. The number of aromatic nitrogens is 3. The number of nitrogens with zero attached hydrogens (tertiary/aromatic N) is 2. The summed E-state index contributed by atoms with van der Waals surface area (Å²) in [5.41, 5.74) is 0.330. The lowest BCUT2D eigenvalue weighted by molar-refractivity contribution is 0.102. The van der Waals surface area contributed by atoms with Crippen LogP contribution in [0.15, 0.2) is 24.5 Å². The van der Waals surface area contributed by atoms with Gasteiger partial charge in [-0.2, -0.15) is 5.10 Å². The van der Waals surface area contributed by atoms with Crippen molar-refractivity contribution in [3.63, 3.8) is 0 Å². The number of nitrogens with one attached hydrogen (secondary N) is 2. The molecule has 2 N–H and O–H groups in total. The van der Waals surface area contributed by atoms with Gasteiger partial charge in [0.25, 0.3) is 5.91 Å². The molecule has 18 heavy (non-hydrogen) atoms. The molecule has 2 aromatic rings. The maximum absolute atomic E-state index is 12.0. The first-order valence-corrected chi connectivity index (χ1v) is 5.14. The van der Waals surface area contributed by atoms with Crippen LogP contribution in [0.2, 0.25) is 0 Å². The van der Waals surface area contributed by atoms with Gasteiger partial charge in [0.1, 0.15) is 5.56 Å². The van der Waals surface area contributed by atoms with Gasteiger partial charge in [0.2, 0.25) is 5.88 Å². The van der Waals surface area contributed by atoms with E-state index in [-0.39, 0.29) is 11.8 Å². The van der Waals surface area contributed by atoms with Crippen molar-refractivity contribution < 1.29 is 14.3 Å². The van der Waals surface area contributed by atoms with E-state index in [4.69, 9.17) is 9.47 Å². The van der Waals surface area contributed by atoms with Crippen molar-refractivity contribution >= 4 is 11.7 Å². The molecular weight excluding hydrogens is 236 g/mol. The number of hydrogen-bond donors (Lipinski definition) is 2. The molecule has 0 saturated carbocycles. The van der Waals surface area contributed by atoms with Crippen LogP contribution in [0.25, 0.3) is 0 Å². The number of carbonyl (C=O) groups excluding carboxylic acids is 1. The summed E-state index contributed by atoms with van der Waals surface area (Å²) in [5, 5.41) is 9.03. The monoisotopic (exact) mass is 248 g/mol. The quantitative estimate of drug-likeness (QED) is 0.844. The summed E-state index contributed by atoms with van der Waals surface area (Å²) in [6, 6.07) is 3.27. The smallest absolute Gasteiger partial charge is 0.262 e. The van der Waals surface area contributed by atoms with Crippen molar-refractivity contribution in [2.24, 2.45) is 0 Å². The number of anilines is 1. The first-order chi connectivity index (χ1) is 8.76. The van der Waals surface area contributed by atoms with E-state index in [1.807, 2.05) is 0 Å². The van der Waals surface area contributed by atoms with E-state index in [2.05, 4.69) is 20.5 Å². The minimum atomic E-state index is -0.359. The van der Waals surface area contributed by atoms with Crippen molar-refractivity contribution in [3.05, 3.63) is 30.1 Å². The van der Waals surface area contributed by atoms with Crippen LogP contribution in [0.1, 0.15) is 10.4 Å².